The normalized spacial score (nSPS) is 18.0. The number of amides is 2. The lowest BCUT2D eigenvalue weighted by Crippen LogP contribution is -2.45. The number of rotatable bonds is 0. The van der Waals surface area contributed by atoms with Crippen molar-refractivity contribution in [3.05, 3.63) is 30.0 Å². The summed E-state index contributed by atoms with van der Waals surface area (Å²) in [5.41, 5.74) is 16.2. The molecule has 0 aliphatic carbocycles. The van der Waals surface area contributed by atoms with Crippen LogP contribution in [0, 0.1) is 5.41 Å². The van der Waals surface area contributed by atoms with Crippen molar-refractivity contribution in [2.45, 2.75) is 26.8 Å². The van der Waals surface area contributed by atoms with Crippen molar-refractivity contribution >= 4 is 28.3 Å². The van der Waals surface area contributed by atoms with Gasteiger partial charge >= 0.3 is 6.03 Å². The number of benzene rings is 1. The summed E-state index contributed by atoms with van der Waals surface area (Å²) in [6.07, 6.45) is 1.69. The average Bonchev–Trinajstić information content (AvgIpc) is 2.79. The number of hydrazine groups is 1. The number of carbonyl (C=O) groups is 1. The molecular formula is C15H19N5O. The number of nitrogens with two attached hydrogens (primary N) is 2. The Labute approximate surface area is 123 Å². The van der Waals surface area contributed by atoms with Crippen molar-refractivity contribution in [2.24, 2.45) is 11.1 Å². The van der Waals surface area contributed by atoms with E-state index in [0.29, 0.717) is 11.5 Å². The SMILES string of the molecule is CC(C)(C)C1NN(C(N)=O)c2ncc3c(N)cccc3c21. The Bertz CT molecular complexity index is 735. The summed E-state index contributed by atoms with van der Waals surface area (Å²) in [6, 6.07) is 5.11. The van der Waals surface area contributed by atoms with Crippen LogP contribution >= 0.6 is 0 Å². The zero-order valence-corrected chi connectivity index (χ0v) is 12.3. The first-order valence-electron chi connectivity index (χ1n) is 6.83. The maximum absolute atomic E-state index is 11.7. The molecule has 0 bridgehead atoms. The fraction of sp³-hybridized carbons (Fsp3) is 0.333. The third-order valence-corrected chi connectivity index (χ3v) is 3.83. The Morgan fingerprint density at radius 1 is 1.33 bits per heavy atom. The number of fused-ring (bicyclic) bond motifs is 3. The van der Waals surface area contributed by atoms with Crippen LogP contribution in [0.5, 0.6) is 0 Å². The van der Waals surface area contributed by atoms with Crippen molar-refractivity contribution < 1.29 is 4.79 Å². The topological polar surface area (TPSA) is 97.3 Å². The molecule has 1 atom stereocenters. The molecule has 2 amide bonds. The van der Waals surface area contributed by atoms with E-state index in [2.05, 4.69) is 31.2 Å². The Kier molecular flexibility index (Phi) is 2.81. The molecule has 2 heterocycles. The zero-order chi connectivity index (χ0) is 15.4. The number of nitrogen functional groups attached to an aromatic ring is 1. The van der Waals surface area contributed by atoms with E-state index in [0.717, 1.165) is 16.3 Å². The third-order valence-electron chi connectivity index (χ3n) is 3.83. The molecule has 5 N–H and O–H groups in total. The molecule has 110 valence electrons. The summed E-state index contributed by atoms with van der Waals surface area (Å²) in [5.74, 6) is 0.556. The zero-order valence-electron chi connectivity index (χ0n) is 12.3. The van der Waals surface area contributed by atoms with Crippen molar-refractivity contribution in [2.75, 3.05) is 10.7 Å². The van der Waals surface area contributed by atoms with Crippen LogP contribution in [0.3, 0.4) is 0 Å². The molecule has 6 heteroatoms. The van der Waals surface area contributed by atoms with Gasteiger partial charge in [0.25, 0.3) is 0 Å². The summed E-state index contributed by atoms with van der Waals surface area (Å²) in [7, 11) is 0. The second-order valence-corrected chi connectivity index (χ2v) is 6.41. The van der Waals surface area contributed by atoms with Crippen LogP contribution in [0.1, 0.15) is 32.4 Å². The Balaban J connectivity index is 2.34. The van der Waals surface area contributed by atoms with Gasteiger partial charge in [-0.1, -0.05) is 32.9 Å². The van der Waals surface area contributed by atoms with E-state index in [1.165, 1.54) is 5.01 Å². The van der Waals surface area contributed by atoms with Gasteiger partial charge in [-0.15, -0.1) is 0 Å². The first kappa shape index (κ1) is 13.6. The van der Waals surface area contributed by atoms with Crippen LogP contribution < -0.4 is 21.9 Å². The predicted molar refractivity (Wildman–Crippen MR) is 83.5 cm³/mol. The molecule has 21 heavy (non-hydrogen) atoms. The highest BCUT2D eigenvalue weighted by atomic mass is 16.2. The second kappa shape index (κ2) is 4.33. The lowest BCUT2D eigenvalue weighted by atomic mass is 9.82. The molecule has 1 unspecified atom stereocenters. The van der Waals surface area contributed by atoms with Crippen LogP contribution in [-0.2, 0) is 0 Å². The maximum Gasteiger partial charge on any atom is 0.335 e. The molecule has 0 fully saturated rings. The summed E-state index contributed by atoms with van der Waals surface area (Å²) >= 11 is 0. The van der Waals surface area contributed by atoms with E-state index in [-0.39, 0.29) is 11.5 Å². The lowest BCUT2D eigenvalue weighted by Gasteiger charge is -2.28. The highest BCUT2D eigenvalue weighted by molar-refractivity contribution is 6.01. The fourth-order valence-electron chi connectivity index (χ4n) is 2.79. The average molecular weight is 285 g/mol. The molecule has 1 aromatic carbocycles. The Hall–Kier alpha value is -2.34. The minimum absolute atomic E-state index is 0.0713. The first-order valence-corrected chi connectivity index (χ1v) is 6.83. The number of nitrogens with zero attached hydrogens (tertiary/aromatic N) is 2. The van der Waals surface area contributed by atoms with Crippen LogP contribution in [0.2, 0.25) is 0 Å². The number of hydrogen-bond acceptors (Lipinski definition) is 4. The van der Waals surface area contributed by atoms with Crippen LogP contribution in [0.25, 0.3) is 10.8 Å². The summed E-state index contributed by atoms with van der Waals surface area (Å²) in [5, 5.41) is 3.20. The smallest absolute Gasteiger partial charge is 0.335 e. The number of pyridine rings is 1. The van der Waals surface area contributed by atoms with E-state index in [1.807, 2.05) is 18.2 Å². The van der Waals surface area contributed by atoms with Gasteiger partial charge in [0.1, 0.15) is 0 Å². The van der Waals surface area contributed by atoms with Gasteiger partial charge in [-0.25, -0.2) is 20.2 Å². The lowest BCUT2D eigenvalue weighted by molar-refractivity contribution is 0.243. The largest absolute Gasteiger partial charge is 0.398 e. The number of carbonyl (C=O) groups excluding carboxylic acids is 1. The van der Waals surface area contributed by atoms with Gasteiger partial charge < -0.3 is 11.5 Å². The van der Waals surface area contributed by atoms with Crippen molar-refractivity contribution in [3.8, 4) is 0 Å². The van der Waals surface area contributed by atoms with Gasteiger partial charge in [0.15, 0.2) is 5.82 Å². The van der Waals surface area contributed by atoms with Crippen LogP contribution in [-0.4, -0.2) is 11.0 Å². The van der Waals surface area contributed by atoms with Gasteiger partial charge in [0, 0.05) is 22.8 Å². The molecule has 2 aromatic rings. The number of primary amides is 1. The van der Waals surface area contributed by atoms with Gasteiger partial charge in [-0.3, -0.25) is 0 Å². The fourth-order valence-corrected chi connectivity index (χ4v) is 2.79. The number of hydrogen-bond donors (Lipinski definition) is 3. The van der Waals surface area contributed by atoms with Crippen molar-refractivity contribution in [1.29, 1.82) is 0 Å². The Morgan fingerprint density at radius 2 is 2.05 bits per heavy atom. The number of nitrogens with one attached hydrogen (secondary N) is 1. The van der Waals surface area contributed by atoms with E-state index in [1.54, 1.807) is 6.20 Å². The third kappa shape index (κ3) is 1.99. The monoisotopic (exact) mass is 285 g/mol. The van der Waals surface area contributed by atoms with Gasteiger partial charge in [-0.2, -0.15) is 0 Å². The highest BCUT2D eigenvalue weighted by Crippen LogP contribution is 2.45. The quantitative estimate of drug-likeness (QED) is 0.647. The molecule has 3 rings (SSSR count). The molecule has 1 aliphatic rings. The number of urea groups is 1. The summed E-state index contributed by atoms with van der Waals surface area (Å²) in [4.78, 5) is 16.1. The Morgan fingerprint density at radius 3 is 2.67 bits per heavy atom. The van der Waals surface area contributed by atoms with E-state index in [9.17, 15) is 4.79 Å². The van der Waals surface area contributed by atoms with Crippen LogP contribution in [0.4, 0.5) is 16.3 Å². The molecule has 1 aromatic heterocycles. The summed E-state index contributed by atoms with van der Waals surface area (Å²) in [6.45, 7) is 6.30. The number of aromatic nitrogens is 1. The minimum Gasteiger partial charge on any atom is -0.398 e. The van der Waals surface area contributed by atoms with Crippen molar-refractivity contribution in [3.63, 3.8) is 0 Å². The van der Waals surface area contributed by atoms with Crippen molar-refractivity contribution in [1.82, 2.24) is 10.4 Å². The maximum atomic E-state index is 11.7. The summed E-state index contributed by atoms with van der Waals surface area (Å²) < 4.78 is 0. The predicted octanol–water partition coefficient (Wildman–Crippen LogP) is 2.31. The van der Waals surface area contributed by atoms with E-state index in [4.69, 9.17) is 11.5 Å². The molecule has 0 spiro atoms. The van der Waals surface area contributed by atoms with E-state index >= 15 is 0 Å². The first-order chi connectivity index (χ1) is 9.80. The molecule has 0 saturated heterocycles. The van der Waals surface area contributed by atoms with Gasteiger partial charge in [0.2, 0.25) is 0 Å². The standard InChI is InChI=1S/C15H19N5O/c1-15(2,3)12-11-8-5-4-6-10(16)9(8)7-18-13(11)20(19-12)14(17)21/h4-7,12,19H,16H2,1-3H3,(H2,17,21). The second-order valence-electron chi connectivity index (χ2n) is 6.41. The molecule has 0 radical (unpaired) electrons. The molecular weight excluding hydrogens is 266 g/mol. The van der Waals surface area contributed by atoms with Crippen LogP contribution in [0.15, 0.2) is 24.4 Å². The molecule has 1 aliphatic heterocycles. The van der Waals surface area contributed by atoms with Gasteiger partial charge in [0.05, 0.1) is 6.04 Å². The number of anilines is 2. The molecule has 6 nitrogen and oxygen atoms in total. The van der Waals surface area contributed by atoms with Gasteiger partial charge in [-0.05, 0) is 16.9 Å². The minimum atomic E-state index is -0.571. The highest BCUT2D eigenvalue weighted by Gasteiger charge is 2.40. The van der Waals surface area contributed by atoms with E-state index < -0.39 is 6.03 Å². The molecule has 0 saturated carbocycles.